The number of carbonyl (C=O) groups is 2. The first-order valence-corrected chi connectivity index (χ1v) is 13.8. The summed E-state index contributed by atoms with van der Waals surface area (Å²) >= 11 is 14.2. The smallest absolute Gasteiger partial charge is 0.266 e. The topological polar surface area (TPSA) is 55.2 Å². The highest BCUT2D eigenvalue weighted by Gasteiger charge is 2.32. The van der Waals surface area contributed by atoms with Crippen LogP contribution in [0.5, 0.6) is 0 Å². The van der Waals surface area contributed by atoms with Crippen LogP contribution in [0.4, 0.5) is 0 Å². The zero-order valence-corrected chi connectivity index (χ0v) is 22.2. The van der Waals surface area contributed by atoms with Crippen molar-refractivity contribution in [2.75, 3.05) is 6.54 Å². The standard InChI is InChI=1S/C27H20ClN3O2S3/c28-20-12-10-18(11-13-20)16-23-25(33)30(27(34)36-23)15-14-24(32)31-22-9-5-4-8-21(22)29-26(31)35-17-19-6-2-1-3-7-19/h1-13,16H,14-15,17H2. The predicted molar refractivity (Wildman–Crippen MR) is 152 cm³/mol. The molecule has 0 saturated carbocycles. The summed E-state index contributed by atoms with van der Waals surface area (Å²) in [6, 6.07) is 24.9. The molecule has 0 spiro atoms. The Labute approximate surface area is 227 Å². The van der Waals surface area contributed by atoms with Crippen molar-refractivity contribution < 1.29 is 9.59 Å². The number of carbonyl (C=O) groups excluding carboxylic acids is 2. The van der Waals surface area contributed by atoms with E-state index in [0.717, 1.165) is 22.2 Å². The molecule has 0 radical (unpaired) electrons. The van der Waals surface area contributed by atoms with Gasteiger partial charge in [0.2, 0.25) is 5.91 Å². The van der Waals surface area contributed by atoms with E-state index in [1.807, 2.05) is 54.6 Å². The second-order valence-corrected chi connectivity index (χ2v) is 11.1. The third kappa shape index (κ3) is 5.42. The minimum atomic E-state index is -0.193. The lowest BCUT2D eigenvalue weighted by atomic mass is 10.2. The van der Waals surface area contributed by atoms with Crippen LogP contribution < -0.4 is 0 Å². The molecule has 4 aromatic rings. The molecule has 36 heavy (non-hydrogen) atoms. The highest BCUT2D eigenvalue weighted by Crippen LogP contribution is 2.33. The number of fused-ring (bicyclic) bond motifs is 1. The fourth-order valence-electron chi connectivity index (χ4n) is 3.79. The van der Waals surface area contributed by atoms with E-state index in [0.29, 0.717) is 25.2 Å². The molecule has 5 nitrogen and oxygen atoms in total. The summed E-state index contributed by atoms with van der Waals surface area (Å²) in [5.74, 6) is 0.374. The summed E-state index contributed by atoms with van der Waals surface area (Å²) in [4.78, 5) is 33.2. The van der Waals surface area contributed by atoms with Gasteiger partial charge in [0.25, 0.3) is 5.91 Å². The molecule has 2 heterocycles. The average Bonchev–Trinajstić information content (AvgIpc) is 3.39. The van der Waals surface area contributed by atoms with E-state index in [9.17, 15) is 9.59 Å². The minimum Gasteiger partial charge on any atom is -0.292 e. The largest absolute Gasteiger partial charge is 0.292 e. The molecule has 9 heteroatoms. The Morgan fingerprint density at radius 3 is 2.53 bits per heavy atom. The number of halogens is 1. The van der Waals surface area contributed by atoms with Crippen LogP contribution in [0.1, 0.15) is 22.3 Å². The van der Waals surface area contributed by atoms with E-state index < -0.39 is 0 Å². The summed E-state index contributed by atoms with van der Waals surface area (Å²) in [7, 11) is 0. The highest BCUT2D eigenvalue weighted by molar-refractivity contribution is 8.26. The van der Waals surface area contributed by atoms with Crippen LogP contribution in [0.2, 0.25) is 5.02 Å². The van der Waals surface area contributed by atoms with Crippen molar-refractivity contribution in [2.24, 2.45) is 0 Å². The van der Waals surface area contributed by atoms with Crippen molar-refractivity contribution in [1.82, 2.24) is 14.5 Å². The molecule has 1 aromatic heterocycles. The molecule has 0 bridgehead atoms. The second kappa shape index (κ2) is 11.0. The molecule has 3 aromatic carbocycles. The molecule has 1 saturated heterocycles. The van der Waals surface area contributed by atoms with E-state index in [-0.39, 0.29) is 24.8 Å². The highest BCUT2D eigenvalue weighted by atomic mass is 35.5. The normalized spacial score (nSPS) is 14.8. The molecule has 1 fully saturated rings. The van der Waals surface area contributed by atoms with Gasteiger partial charge in [-0.3, -0.25) is 19.1 Å². The number of hydrogen-bond donors (Lipinski definition) is 0. The third-order valence-electron chi connectivity index (χ3n) is 5.58. The van der Waals surface area contributed by atoms with Crippen LogP contribution in [0, 0.1) is 0 Å². The van der Waals surface area contributed by atoms with Crippen LogP contribution in [-0.2, 0) is 10.5 Å². The molecule has 1 aliphatic heterocycles. The number of hydrogen-bond acceptors (Lipinski definition) is 6. The van der Waals surface area contributed by atoms with Gasteiger partial charge in [-0.1, -0.05) is 102 Å². The number of thiocarbonyl (C=S) groups is 1. The Morgan fingerprint density at radius 2 is 1.75 bits per heavy atom. The Bertz CT molecular complexity index is 1480. The fraction of sp³-hybridized carbons (Fsp3) is 0.111. The lowest BCUT2D eigenvalue weighted by molar-refractivity contribution is -0.122. The van der Waals surface area contributed by atoms with Gasteiger partial charge in [0, 0.05) is 23.7 Å². The zero-order chi connectivity index (χ0) is 25.1. The van der Waals surface area contributed by atoms with E-state index in [2.05, 4.69) is 12.1 Å². The molecular formula is C27H20ClN3O2S3. The number of amides is 1. The van der Waals surface area contributed by atoms with Crippen molar-refractivity contribution in [3.63, 3.8) is 0 Å². The number of thioether (sulfide) groups is 2. The van der Waals surface area contributed by atoms with Gasteiger partial charge in [-0.05, 0) is 41.5 Å². The van der Waals surface area contributed by atoms with Crippen LogP contribution >= 0.6 is 47.3 Å². The molecule has 0 N–H and O–H groups in total. The predicted octanol–water partition coefficient (Wildman–Crippen LogP) is 6.91. The summed E-state index contributed by atoms with van der Waals surface area (Å²) in [6.45, 7) is 0.205. The number of aromatic nitrogens is 2. The number of rotatable bonds is 7. The fourth-order valence-corrected chi connectivity index (χ4v) is 6.20. The zero-order valence-electron chi connectivity index (χ0n) is 19.0. The molecule has 5 rings (SSSR count). The Kier molecular flexibility index (Phi) is 7.57. The Morgan fingerprint density at radius 1 is 1.03 bits per heavy atom. The van der Waals surface area contributed by atoms with Gasteiger partial charge in [-0.15, -0.1) is 0 Å². The molecule has 0 atom stereocenters. The first kappa shape index (κ1) is 24.8. The van der Waals surface area contributed by atoms with Crippen LogP contribution in [0.25, 0.3) is 17.1 Å². The minimum absolute atomic E-state index is 0.125. The van der Waals surface area contributed by atoms with Crippen molar-refractivity contribution in [3.05, 3.63) is 99.9 Å². The van der Waals surface area contributed by atoms with Gasteiger partial charge in [0.15, 0.2) is 5.16 Å². The van der Waals surface area contributed by atoms with Gasteiger partial charge < -0.3 is 0 Å². The van der Waals surface area contributed by atoms with E-state index >= 15 is 0 Å². The van der Waals surface area contributed by atoms with Gasteiger partial charge in [-0.25, -0.2) is 4.98 Å². The van der Waals surface area contributed by atoms with Crippen molar-refractivity contribution in [1.29, 1.82) is 0 Å². The number of benzene rings is 3. The second-order valence-electron chi connectivity index (χ2n) is 8.02. The van der Waals surface area contributed by atoms with E-state index in [4.69, 9.17) is 28.8 Å². The summed E-state index contributed by atoms with van der Waals surface area (Å²) in [5.41, 5.74) is 3.53. The average molecular weight is 550 g/mol. The van der Waals surface area contributed by atoms with E-state index in [1.165, 1.54) is 28.4 Å². The monoisotopic (exact) mass is 549 g/mol. The maximum Gasteiger partial charge on any atom is 0.266 e. The molecule has 1 amide bonds. The lowest BCUT2D eigenvalue weighted by Gasteiger charge is -2.15. The Hall–Kier alpha value is -2.91. The van der Waals surface area contributed by atoms with Gasteiger partial charge in [-0.2, -0.15) is 0 Å². The Balaban J connectivity index is 1.32. The lowest BCUT2D eigenvalue weighted by Crippen LogP contribution is -2.31. The summed E-state index contributed by atoms with van der Waals surface area (Å²) in [6.07, 6.45) is 1.92. The van der Waals surface area contributed by atoms with E-state index in [1.54, 1.807) is 22.8 Å². The molecular weight excluding hydrogens is 530 g/mol. The maximum atomic E-state index is 13.4. The van der Waals surface area contributed by atoms with Crippen molar-refractivity contribution in [3.8, 4) is 0 Å². The molecule has 1 aliphatic rings. The summed E-state index contributed by atoms with van der Waals surface area (Å²) < 4.78 is 2.10. The first-order valence-electron chi connectivity index (χ1n) is 11.2. The van der Waals surface area contributed by atoms with Crippen LogP contribution in [0.15, 0.2) is 88.9 Å². The van der Waals surface area contributed by atoms with Crippen molar-refractivity contribution >= 4 is 80.6 Å². The molecule has 180 valence electrons. The van der Waals surface area contributed by atoms with Gasteiger partial charge >= 0.3 is 0 Å². The van der Waals surface area contributed by atoms with Crippen LogP contribution in [-0.4, -0.2) is 37.1 Å². The van der Waals surface area contributed by atoms with Gasteiger partial charge in [0.05, 0.1) is 15.9 Å². The third-order valence-corrected chi connectivity index (χ3v) is 8.22. The quantitative estimate of drug-likeness (QED) is 0.142. The first-order chi connectivity index (χ1) is 17.5. The molecule has 0 aliphatic carbocycles. The summed E-state index contributed by atoms with van der Waals surface area (Å²) in [5, 5.41) is 1.27. The van der Waals surface area contributed by atoms with Gasteiger partial charge in [0.1, 0.15) is 4.32 Å². The maximum absolute atomic E-state index is 13.4. The van der Waals surface area contributed by atoms with Crippen molar-refractivity contribution in [2.45, 2.75) is 17.3 Å². The molecule has 0 unspecified atom stereocenters. The number of imidazole rings is 1. The van der Waals surface area contributed by atoms with Crippen LogP contribution in [0.3, 0.4) is 0 Å². The number of para-hydroxylation sites is 2. The SMILES string of the molecule is O=C1C(=Cc2ccc(Cl)cc2)SC(=S)N1CCC(=O)n1c(SCc2ccccc2)nc2ccccc21. The number of nitrogens with zero attached hydrogens (tertiary/aromatic N) is 3.